The van der Waals surface area contributed by atoms with Crippen molar-refractivity contribution in [1.82, 2.24) is 78.3 Å². The van der Waals surface area contributed by atoms with Gasteiger partial charge in [-0.25, -0.2) is 4.79 Å². The molecule has 0 radical (unpaired) electrons. The van der Waals surface area contributed by atoms with Crippen molar-refractivity contribution in [3.8, 4) is 5.75 Å². The molecule has 2 aromatic heterocycles. The number of rotatable bonds is 48. The molecule has 39 nitrogen and oxygen atoms in total. The topological polar surface area (TPSA) is 617 Å². The Labute approximate surface area is 711 Å². The van der Waals surface area contributed by atoms with E-state index in [9.17, 15) is 107 Å². The lowest BCUT2D eigenvalue weighted by Gasteiger charge is -2.31. The summed E-state index contributed by atoms with van der Waals surface area (Å²) in [6.45, 7) is 12.2. The highest BCUT2D eigenvalue weighted by Gasteiger charge is 2.44. The van der Waals surface area contributed by atoms with Crippen molar-refractivity contribution in [1.29, 1.82) is 0 Å². The highest BCUT2D eigenvalue weighted by molar-refractivity contribution is 6.02. The van der Waals surface area contributed by atoms with E-state index < -0.39 is 211 Å². The van der Waals surface area contributed by atoms with Gasteiger partial charge in [0.2, 0.25) is 76.8 Å². The van der Waals surface area contributed by atoms with Crippen LogP contribution in [0.1, 0.15) is 156 Å². The normalized spacial score (nSPS) is 17.1. The fraction of sp³-hybridized carbons (Fsp3) is 0.548. The van der Waals surface area contributed by atoms with Crippen LogP contribution in [0.25, 0.3) is 21.8 Å². The van der Waals surface area contributed by atoms with Crippen LogP contribution < -0.4 is 70.0 Å². The number of hydrogen-bond donors (Lipinski definition) is 21. The van der Waals surface area contributed by atoms with E-state index in [-0.39, 0.29) is 114 Å². The molecule has 0 bridgehead atoms. The van der Waals surface area contributed by atoms with Crippen molar-refractivity contribution in [2.45, 2.75) is 249 Å². The molecule has 2 aliphatic rings. The minimum Gasteiger partial charge on any atom is -0.508 e. The van der Waals surface area contributed by atoms with Crippen LogP contribution in [0.3, 0.4) is 0 Å². The molecule has 672 valence electrons. The lowest BCUT2D eigenvalue weighted by atomic mass is 9.98. The smallest absolute Gasteiger partial charge is 0.326 e. The number of nitrogens with one attached hydrogen (secondary N) is 13. The third kappa shape index (κ3) is 29.0. The number of phenols is 1. The number of amides is 13. The van der Waals surface area contributed by atoms with Crippen LogP contribution in [-0.4, -0.2) is 262 Å². The predicted molar refractivity (Wildman–Crippen MR) is 447 cm³/mol. The zero-order valence-corrected chi connectivity index (χ0v) is 70.4. The summed E-state index contributed by atoms with van der Waals surface area (Å²) in [7, 11) is 0. The number of aromatic nitrogens is 2. The Morgan fingerprint density at radius 3 is 1.32 bits per heavy atom. The number of aliphatic carboxylic acids is 3. The van der Waals surface area contributed by atoms with Crippen LogP contribution in [0.2, 0.25) is 0 Å². The number of phenolic OH excluding ortho intramolecular Hbond substituents is 1. The van der Waals surface area contributed by atoms with Gasteiger partial charge in [-0.1, -0.05) is 90.1 Å². The fourth-order valence-corrected chi connectivity index (χ4v) is 14.9. The van der Waals surface area contributed by atoms with Crippen LogP contribution in [-0.2, 0) is 96.0 Å². The first-order valence-corrected chi connectivity index (χ1v) is 41.5. The van der Waals surface area contributed by atoms with Crippen molar-refractivity contribution < 1.29 is 107 Å². The molecule has 123 heavy (non-hydrogen) atoms. The van der Waals surface area contributed by atoms with Gasteiger partial charge in [0.15, 0.2) is 0 Å². The van der Waals surface area contributed by atoms with Gasteiger partial charge >= 0.3 is 17.9 Å². The number of carboxylic acids is 3. The summed E-state index contributed by atoms with van der Waals surface area (Å²) in [5, 5.41) is 90.8. The third-order valence-corrected chi connectivity index (χ3v) is 21.3. The summed E-state index contributed by atoms with van der Waals surface area (Å²) in [5.74, 6) is -17.6. The molecule has 0 unspecified atom stereocenters. The van der Waals surface area contributed by atoms with Crippen LogP contribution in [0.4, 0.5) is 0 Å². The van der Waals surface area contributed by atoms with Crippen molar-refractivity contribution in [3.05, 3.63) is 102 Å². The van der Waals surface area contributed by atoms with Crippen LogP contribution in [0, 0.1) is 17.8 Å². The number of aliphatic hydroxyl groups excluding tert-OH is 2. The molecular weight excluding hydrogens is 1600 g/mol. The first kappa shape index (κ1) is 98.0. The van der Waals surface area contributed by atoms with Gasteiger partial charge in [0.05, 0.1) is 25.2 Å². The molecule has 0 aliphatic carbocycles. The number of unbranched alkanes of at least 4 members (excludes halogenated alkanes) is 1. The second kappa shape index (κ2) is 46.8. The molecule has 15 atom stereocenters. The molecule has 0 spiro atoms. The van der Waals surface area contributed by atoms with E-state index in [1.165, 1.54) is 43.0 Å². The monoisotopic (exact) mass is 1720 g/mol. The first-order valence-electron chi connectivity index (χ1n) is 41.5. The maximum Gasteiger partial charge on any atom is 0.326 e. The number of aliphatic hydroxyl groups is 2. The van der Waals surface area contributed by atoms with Gasteiger partial charge in [-0.05, 0) is 150 Å². The van der Waals surface area contributed by atoms with Crippen LogP contribution in [0.5, 0.6) is 5.75 Å². The quantitative estimate of drug-likeness (QED) is 0.0210. The van der Waals surface area contributed by atoms with E-state index in [1.54, 1.807) is 102 Å². The Kier molecular flexibility index (Phi) is 37.3. The lowest BCUT2D eigenvalue weighted by molar-refractivity contribution is -0.146. The Hall–Kier alpha value is -12.1. The summed E-state index contributed by atoms with van der Waals surface area (Å²) in [6.07, 6.45) is -0.417. The first-order chi connectivity index (χ1) is 58.3. The van der Waals surface area contributed by atoms with Crippen LogP contribution >= 0.6 is 0 Å². The number of nitrogens with two attached hydrogens (primary N) is 2. The summed E-state index contributed by atoms with van der Waals surface area (Å²) in [5.41, 5.74) is 14.4. The highest BCUT2D eigenvalue weighted by Crippen LogP contribution is 2.27. The van der Waals surface area contributed by atoms with Crippen molar-refractivity contribution in [2.24, 2.45) is 29.2 Å². The SMILES string of the molecule is CC(C)C[C@H](NC(=O)[C@H](CCCCN)NC(=O)[C@@H](NC(=O)[C@H](CC(C)C)NC(=O)[C@@H]1CCCN1C(=O)[C@H](CC(=O)O)NC(=O)[C@H](Cc1ccc(O)cc1)NC(=O)[C@H](Cc1c[nH]c2ccccc12)NC(=O)[C@H](CO)NC(=O)[C@H](C)N)[C@@H](C)O)C(=O)N[C@@H](Cc1c[nH]c2ccccc12)C(=O)N[C@@H](CC(C)C)C(=O)N1CCC[C@H]1C(=O)N[C@@H](CCC(=O)O)C(=O)O. The minimum absolute atomic E-state index is 0.0358. The Morgan fingerprint density at radius 2 is 0.854 bits per heavy atom. The molecule has 13 amide bonds. The van der Waals surface area contributed by atoms with Gasteiger partial charge in [0, 0.05) is 73.0 Å². The number of carbonyl (C=O) groups is 16. The summed E-state index contributed by atoms with van der Waals surface area (Å²) in [4.78, 5) is 233. The molecule has 4 heterocycles. The van der Waals surface area contributed by atoms with Crippen LogP contribution in [0.15, 0.2) is 85.2 Å². The van der Waals surface area contributed by atoms with E-state index in [4.69, 9.17) is 11.5 Å². The molecule has 2 aliphatic heterocycles. The van der Waals surface area contributed by atoms with Gasteiger partial charge in [-0.3, -0.25) is 71.9 Å². The highest BCUT2D eigenvalue weighted by atomic mass is 16.4. The van der Waals surface area contributed by atoms with Gasteiger partial charge in [0.25, 0.3) is 0 Å². The number of hydrogen-bond acceptors (Lipinski definition) is 21. The van der Waals surface area contributed by atoms with Gasteiger partial charge in [-0.15, -0.1) is 0 Å². The van der Waals surface area contributed by atoms with E-state index in [0.717, 1.165) is 4.90 Å². The number of carboxylic acid groups (broad SMARTS) is 3. The second-order valence-corrected chi connectivity index (χ2v) is 32.7. The lowest BCUT2D eigenvalue weighted by Crippen LogP contribution is -2.62. The molecule has 23 N–H and O–H groups in total. The summed E-state index contributed by atoms with van der Waals surface area (Å²) in [6, 6.07) is -1.51. The van der Waals surface area contributed by atoms with Crippen molar-refractivity contribution >= 4 is 117 Å². The zero-order chi connectivity index (χ0) is 90.6. The van der Waals surface area contributed by atoms with Gasteiger partial charge in [-0.2, -0.15) is 0 Å². The standard InChI is InChI=1S/C84H119N17O22/c1-43(2)33-58(73(111)93-62(38-50-41-88-55-20-12-10-18-53(50)55)76(114)96-63(35-45(5)6)82(120)100-31-15-22-66(100)79(117)90-57(84(122)123)28-29-68(105)106)91-72(110)56(21-13-14-30-85)89-81(119)70(47(8)103)99-77(115)59(34-44(3)4)95-80(118)67-23-16-32-101(67)83(121)64(39-69(107)108)97-74(112)60(36-48-24-26-51(104)27-25-48)92-75(113)61(37-49-40-87-54-19-11-9-17-52(49)54)94-78(116)65(42-102)98-71(109)46(7)86/h9-12,17-20,24-27,40-41,43-47,56-67,70,87-88,102-104H,13-16,21-23,28-39,42,85-86H2,1-8H3,(H,89,119)(H,90,117)(H,91,110)(H,92,113)(H,93,111)(H,94,116)(H,95,118)(H,96,114)(H,97,112)(H,98,109)(H,99,115)(H,105,106)(H,107,108)(H,122,123)/t46-,47+,56-,57-,58-,59-,60-,61-,62-,63-,64-,65-,66-,67-,70-/m0/s1. The van der Waals surface area contributed by atoms with E-state index in [0.29, 0.717) is 51.3 Å². The second-order valence-electron chi connectivity index (χ2n) is 32.7. The van der Waals surface area contributed by atoms with E-state index >= 15 is 0 Å². The molecule has 2 saturated heterocycles. The molecule has 0 saturated carbocycles. The number of fused-ring (bicyclic) bond motifs is 2. The van der Waals surface area contributed by atoms with Gasteiger partial charge in [0.1, 0.15) is 84.3 Å². The fourth-order valence-electron chi connectivity index (χ4n) is 14.9. The Morgan fingerprint density at radius 1 is 0.447 bits per heavy atom. The molecule has 2 fully saturated rings. The Balaban J connectivity index is 1.08. The number of nitrogens with zero attached hydrogens (tertiary/aromatic N) is 2. The van der Waals surface area contributed by atoms with E-state index in [1.807, 2.05) is 0 Å². The summed E-state index contributed by atoms with van der Waals surface area (Å²) < 4.78 is 0. The number of likely N-dealkylation sites (tertiary alicyclic amines) is 2. The van der Waals surface area contributed by atoms with E-state index in [2.05, 4.69) is 68.5 Å². The minimum atomic E-state index is -1.93. The number of aromatic amines is 2. The largest absolute Gasteiger partial charge is 0.508 e. The van der Waals surface area contributed by atoms with Crippen molar-refractivity contribution in [3.63, 3.8) is 0 Å². The van der Waals surface area contributed by atoms with Crippen molar-refractivity contribution in [2.75, 3.05) is 26.2 Å². The number of aromatic hydroxyl groups is 1. The summed E-state index contributed by atoms with van der Waals surface area (Å²) >= 11 is 0. The average molecular weight is 1720 g/mol. The zero-order valence-electron chi connectivity index (χ0n) is 70.4. The maximum atomic E-state index is 15.0. The number of benzene rings is 3. The number of carbonyl (C=O) groups excluding carboxylic acids is 13. The molecule has 7 rings (SSSR count). The molecular formula is C84H119N17O22. The molecule has 3 aromatic carbocycles. The van der Waals surface area contributed by atoms with Gasteiger partial charge < -0.3 is 120 Å². The average Bonchev–Trinajstić information content (AvgIpc) is 1.74. The number of para-hydroxylation sites is 2. The predicted octanol–water partition coefficient (Wildman–Crippen LogP) is -0.891. The third-order valence-electron chi connectivity index (χ3n) is 21.3. The number of H-pyrrole nitrogens is 2. The molecule has 39 heteroatoms. The molecule has 5 aromatic rings. The Bertz CT molecular complexity index is 4550. The maximum absolute atomic E-state index is 15.0.